The van der Waals surface area contributed by atoms with Crippen LogP contribution in [0.25, 0.3) is 16.6 Å². The van der Waals surface area contributed by atoms with Gasteiger partial charge in [-0.1, -0.05) is 29.8 Å². The topological polar surface area (TPSA) is 75.6 Å². The van der Waals surface area contributed by atoms with Crippen molar-refractivity contribution >= 4 is 34.1 Å². The van der Waals surface area contributed by atoms with Crippen molar-refractivity contribution in [3.63, 3.8) is 0 Å². The van der Waals surface area contributed by atoms with Crippen molar-refractivity contribution in [2.75, 3.05) is 5.32 Å². The largest absolute Gasteiger partial charge is 0.361 e. The standard InChI is InChI=1S/C18H14ClN5O/c19-13-5-6-17(24-11-20-10-22-24)16(8-13)23-18(25)7-12-9-21-15-4-2-1-3-14(12)15/h1-6,8-11,21H,7H2,(H,23,25). The van der Waals surface area contributed by atoms with E-state index in [2.05, 4.69) is 20.4 Å². The number of nitrogens with zero attached hydrogens (tertiary/aromatic N) is 3. The van der Waals surface area contributed by atoms with E-state index in [9.17, 15) is 4.79 Å². The number of halogens is 1. The number of amides is 1. The second kappa shape index (κ2) is 6.41. The quantitative estimate of drug-likeness (QED) is 0.590. The number of carbonyl (C=O) groups is 1. The van der Waals surface area contributed by atoms with Gasteiger partial charge in [-0.25, -0.2) is 9.67 Å². The molecule has 0 fully saturated rings. The number of anilines is 1. The second-order valence-corrected chi connectivity index (χ2v) is 6.02. The normalized spacial score (nSPS) is 10.9. The predicted molar refractivity (Wildman–Crippen MR) is 97.0 cm³/mol. The smallest absolute Gasteiger partial charge is 0.228 e. The Labute approximate surface area is 148 Å². The Morgan fingerprint density at radius 1 is 1.24 bits per heavy atom. The first-order chi connectivity index (χ1) is 12.2. The summed E-state index contributed by atoms with van der Waals surface area (Å²) in [5.74, 6) is -0.131. The van der Waals surface area contributed by atoms with Gasteiger partial charge >= 0.3 is 0 Å². The van der Waals surface area contributed by atoms with Crippen LogP contribution < -0.4 is 5.32 Å². The summed E-state index contributed by atoms with van der Waals surface area (Å²) >= 11 is 6.08. The molecule has 0 aliphatic carbocycles. The van der Waals surface area contributed by atoms with Crippen molar-refractivity contribution in [2.24, 2.45) is 0 Å². The number of para-hydroxylation sites is 1. The van der Waals surface area contributed by atoms with Gasteiger partial charge < -0.3 is 10.3 Å². The van der Waals surface area contributed by atoms with Gasteiger partial charge in [-0.2, -0.15) is 5.10 Å². The zero-order valence-electron chi connectivity index (χ0n) is 13.1. The number of hydrogen-bond donors (Lipinski definition) is 2. The summed E-state index contributed by atoms with van der Waals surface area (Å²) in [6.07, 6.45) is 5.12. The van der Waals surface area contributed by atoms with Gasteiger partial charge in [0.1, 0.15) is 12.7 Å². The molecule has 2 heterocycles. The summed E-state index contributed by atoms with van der Waals surface area (Å²) in [6, 6.07) is 13.1. The number of carbonyl (C=O) groups excluding carboxylic acids is 1. The van der Waals surface area contributed by atoms with Crippen LogP contribution in [0.3, 0.4) is 0 Å². The fourth-order valence-electron chi connectivity index (χ4n) is 2.79. The third-order valence-corrected chi connectivity index (χ3v) is 4.16. The van der Waals surface area contributed by atoms with E-state index in [4.69, 9.17) is 11.6 Å². The number of benzene rings is 2. The lowest BCUT2D eigenvalue weighted by molar-refractivity contribution is -0.115. The molecule has 2 aromatic heterocycles. The maximum atomic E-state index is 12.5. The Morgan fingerprint density at radius 2 is 2.12 bits per heavy atom. The van der Waals surface area contributed by atoms with E-state index in [1.807, 2.05) is 30.5 Å². The molecule has 0 spiro atoms. The first kappa shape index (κ1) is 15.4. The lowest BCUT2D eigenvalue weighted by atomic mass is 10.1. The predicted octanol–water partition coefficient (Wildman–Crippen LogP) is 3.58. The number of H-pyrrole nitrogens is 1. The maximum absolute atomic E-state index is 12.5. The van der Waals surface area contributed by atoms with E-state index in [1.165, 1.54) is 6.33 Å². The maximum Gasteiger partial charge on any atom is 0.228 e. The Morgan fingerprint density at radius 3 is 2.96 bits per heavy atom. The van der Waals surface area contributed by atoms with E-state index in [0.717, 1.165) is 16.5 Å². The van der Waals surface area contributed by atoms with Crippen molar-refractivity contribution in [1.82, 2.24) is 19.7 Å². The van der Waals surface area contributed by atoms with Crippen molar-refractivity contribution in [3.05, 3.63) is 71.9 Å². The minimum atomic E-state index is -0.131. The van der Waals surface area contributed by atoms with Crippen LogP contribution >= 0.6 is 11.6 Å². The van der Waals surface area contributed by atoms with Crippen molar-refractivity contribution in [2.45, 2.75) is 6.42 Å². The van der Waals surface area contributed by atoms with Crippen LogP contribution in [0.4, 0.5) is 5.69 Å². The highest BCUT2D eigenvalue weighted by Crippen LogP contribution is 2.25. The van der Waals surface area contributed by atoms with Gasteiger partial charge in [-0.3, -0.25) is 4.79 Å². The fourth-order valence-corrected chi connectivity index (χ4v) is 2.96. The van der Waals surface area contributed by atoms with Crippen LogP contribution in [0.15, 0.2) is 61.3 Å². The molecule has 124 valence electrons. The van der Waals surface area contributed by atoms with E-state index in [0.29, 0.717) is 16.4 Å². The van der Waals surface area contributed by atoms with Gasteiger partial charge in [0.05, 0.1) is 17.8 Å². The molecule has 2 aromatic carbocycles. The van der Waals surface area contributed by atoms with Gasteiger partial charge in [0.2, 0.25) is 5.91 Å². The third-order valence-electron chi connectivity index (χ3n) is 3.92. The fraction of sp³-hybridized carbons (Fsp3) is 0.0556. The molecule has 0 atom stereocenters. The number of fused-ring (bicyclic) bond motifs is 1. The molecule has 0 saturated carbocycles. The summed E-state index contributed by atoms with van der Waals surface area (Å²) in [6.45, 7) is 0. The summed E-state index contributed by atoms with van der Waals surface area (Å²) in [4.78, 5) is 19.7. The van der Waals surface area contributed by atoms with Crippen LogP contribution in [-0.2, 0) is 11.2 Å². The average Bonchev–Trinajstić information content (AvgIpc) is 3.26. The van der Waals surface area contributed by atoms with E-state index in [-0.39, 0.29) is 12.3 Å². The highest BCUT2D eigenvalue weighted by Gasteiger charge is 2.12. The molecule has 2 N–H and O–H groups in total. The number of aromatic nitrogens is 4. The molecule has 25 heavy (non-hydrogen) atoms. The van der Waals surface area contributed by atoms with Crippen molar-refractivity contribution < 1.29 is 4.79 Å². The summed E-state index contributed by atoms with van der Waals surface area (Å²) in [5.41, 5.74) is 3.24. The van der Waals surface area contributed by atoms with Gasteiger partial charge in [-0.05, 0) is 29.8 Å². The molecule has 4 rings (SSSR count). The van der Waals surface area contributed by atoms with Gasteiger partial charge in [0, 0.05) is 22.1 Å². The van der Waals surface area contributed by atoms with Crippen LogP contribution in [-0.4, -0.2) is 25.7 Å². The van der Waals surface area contributed by atoms with Gasteiger partial charge in [0.15, 0.2) is 0 Å². The van der Waals surface area contributed by atoms with Crippen molar-refractivity contribution in [1.29, 1.82) is 0 Å². The van der Waals surface area contributed by atoms with E-state index < -0.39 is 0 Å². The zero-order chi connectivity index (χ0) is 17.2. The second-order valence-electron chi connectivity index (χ2n) is 5.59. The Balaban J connectivity index is 1.60. The molecular weight excluding hydrogens is 338 g/mol. The number of nitrogens with one attached hydrogen (secondary N) is 2. The van der Waals surface area contributed by atoms with Crippen molar-refractivity contribution in [3.8, 4) is 5.69 Å². The molecule has 4 aromatic rings. The number of rotatable bonds is 4. The molecule has 1 amide bonds. The zero-order valence-corrected chi connectivity index (χ0v) is 13.9. The van der Waals surface area contributed by atoms with E-state index >= 15 is 0 Å². The van der Waals surface area contributed by atoms with Crippen LogP contribution in [0.1, 0.15) is 5.56 Å². The molecule has 0 aliphatic heterocycles. The van der Waals surface area contributed by atoms with Crippen LogP contribution in [0.5, 0.6) is 0 Å². The Kier molecular flexibility index (Phi) is 3.95. The average molecular weight is 352 g/mol. The minimum absolute atomic E-state index is 0.131. The van der Waals surface area contributed by atoms with E-state index in [1.54, 1.807) is 29.2 Å². The molecule has 0 aliphatic rings. The summed E-state index contributed by atoms with van der Waals surface area (Å²) in [7, 11) is 0. The van der Waals surface area contributed by atoms with Gasteiger partial charge in [0.25, 0.3) is 0 Å². The molecule has 0 saturated heterocycles. The number of hydrogen-bond acceptors (Lipinski definition) is 3. The van der Waals surface area contributed by atoms with Crippen LogP contribution in [0.2, 0.25) is 5.02 Å². The van der Waals surface area contributed by atoms with Crippen LogP contribution in [0, 0.1) is 0 Å². The number of aromatic amines is 1. The highest BCUT2D eigenvalue weighted by molar-refractivity contribution is 6.31. The molecular formula is C18H14ClN5O. The molecule has 0 bridgehead atoms. The Hall–Kier alpha value is -3.12. The minimum Gasteiger partial charge on any atom is -0.361 e. The highest BCUT2D eigenvalue weighted by atomic mass is 35.5. The molecule has 0 unspecified atom stereocenters. The molecule has 6 nitrogen and oxygen atoms in total. The molecule has 7 heteroatoms. The third kappa shape index (κ3) is 3.12. The Bertz CT molecular complexity index is 1040. The lowest BCUT2D eigenvalue weighted by Gasteiger charge is -2.11. The first-order valence-corrected chi connectivity index (χ1v) is 8.08. The summed E-state index contributed by atoms with van der Waals surface area (Å²) < 4.78 is 1.58. The molecule has 0 radical (unpaired) electrons. The monoisotopic (exact) mass is 351 g/mol. The van der Waals surface area contributed by atoms with Gasteiger partial charge in [-0.15, -0.1) is 0 Å². The SMILES string of the molecule is O=C(Cc1c[nH]c2ccccc12)Nc1cc(Cl)ccc1-n1cncn1. The summed E-state index contributed by atoms with van der Waals surface area (Å²) in [5, 5.41) is 8.60. The lowest BCUT2D eigenvalue weighted by Crippen LogP contribution is -2.16. The first-order valence-electron chi connectivity index (χ1n) is 7.70.